The van der Waals surface area contributed by atoms with Gasteiger partial charge in [0.1, 0.15) is 22.8 Å². The average Bonchev–Trinajstić information content (AvgIpc) is 3.30. The molecule has 1 unspecified atom stereocenters. The molecule has 1 atom stereocenters. The van der Waals surface area contributed by atoms with E-state index < -0.39 is 12.6 Å². The zero-order chi connectivity index (χ0) is 22.5. The minimum Gasteiger partial charge on any atom is -0.355 e. The number of likely N-dealkylation sites (tertiary alicyclic amines) is 1. The zero-order valence-electron chi connectivity index (χ0n) is 17.7. The van der Waals surface area contributed by atoms with E-state index in [9.17, 15) is 17.6 Å². The first-order chi connectivity index (χ1) is 15.2. The van der Waals surface area contributed by atoms with Crippen molar-refractivity contribution in [1.29, 1.82) is 0 Å². The SMILES string of the molecule is CC(CN1CC2(CCN(c3ncnc4sc(CC(F)(F)F)cc34)C2)C1)c1ccc(F)cc1. The van der Waals surface area contributed by atoms with E-state index in [-0.39, 0.29) is 16.1 Å². The minimum atomic E-state index is -4.23. The van der Waals surface area contributed by atoms with Crippen LogP contribution in [0, 0.1) is 11.2 Å². The fourth-order valence-electron chi connectivity index (χ4n) is 5.12. The summed E-state index contributed by atoms with van der Waals surface area (Å²) in [6.07, 6.45) is -2.67. The lowest BCUT2D eigenvalue weighted by Gasteiger charge is -2.49. The van der Waals surface area contributed by atoms with Crippen molar-refractivity contribution in [1.82, 2.24) is 14.9 Å². The Bertz CT molecular complexity index is 1110. The molecule has 2 aliphatic rings. The molecule has 2 fully saturated rings. The molecule has 170 valence electrons. The van der Waals surface area contributed by atoms with Crippen LogP contribution in [0.4, 0.5) is 23.4 Å². The molecule has 0 amide bonds. The fraction of sp³-hybridized carbons (Fsp3) is 0.478. The fourth-order valence-corrected chi connectivity index (χ4v) is 6.14. The molecule has 0 radical (unpaired) electrons. The number of benzene rings is 1. The Balaban J connectivity index is 1.23. The predicted octanol–water partition coefficient (Wildman–Crippen LogP) is 5.25. The van der Waals surface area contributed by atoms with E-state index in [0.29, 0.717) is 10.7 Å². The standard InChI is InChI=1S/C23H24F4N4S/c1-15(16-2-4-17(24)5-3-16)10-30-11-22(12-30)6-7-31(13-22)20-19-8-18(9-23(25,26)27)32-21(19)29-14-28-20/h2-5,8,14-15H,6-7,9-13H2,1H3. The van der Waals surface area contributed by atoms with Crippen LogP contribution in [0.1, 0.15) is 29.7 Å². The second-order valence-corrected chi connectivity index (χ2v) is 10.3. The Labute approximate surface area is 187 Å². The van der Waals surface area contributed by atoms with Gasteiger partial charge in [0.2, 0.25) is 0 Å². The molecule has 3 aromatic rings. The van der Waals surface area contributed by atoms with Gasteiger partial charge in [-0.3, -0.25) is 0 Å². The number of anilines is 1. The third kappa shape index (κ3) is 4.32. The van der Waals surface area contributed by atoms with Crippen LogP contribution in [0.3, 0.4) is 0 Å². The Kier molecular flexibility index (Phi) is 5.36. The molecule has 2 saturated heterocycles. The van der Waals surface area contributed by atoms with Gasteiger partial charge < -0.3 is 9.80 Å². The van der Waals surface area contributed by atoms with Crippen molar-refractivity contribution in [2.45, 2.75) is 31.9 Å². The molecule has 0 N–H and O–H groups in total. The van der Waals surface area contributed by atoms with Crippen molar-refractivity contribution in [2.75, 3.05) is 37.6 Å². The molecule has 5 rings (SSSR count). The number of fused-ring (bicyclic) bond motifs is 1. The first-order valence-electron chi connectivity index (χ1n) is 10.7. The number of aromatic nitrogens is 2. The summed E-state index contributed by atoms with van der Waals surface area (Å²) in [4.78, 5) is 14.1. The summed E-state index contributed by atoms with van der Waals surface area (Å²) in [6.45, 7) is 6.77. The molecule has 4 heterocycles. The van der Waals surface area contributed by atoms with Crippen molar-refractivity contribution in [3.05, 3.63) is 52.9 Å². The Morgan fingerprint density at radius 3 is 2.59 bits per heavy atom. The van der Waals surface area contributed by atoms with Crippen molar-refractivity contribution in [2.24, 2.45) is 5.41 Å². The van der Waals surface area contributed by atoms with E-state index in [1.807, 2.05) is 12.1 Å². The van der Waals surface area contributed by atoms with E-state index in [1.54, 1.807) is 6.07 Å². The molecule has 2 aromatic heterocycles. The lowest BCUT2D eigenvalue weighted by atomic mass is 9.78. The van der Waals surface area contributed by atoms with Crippen LogP contribution in [0.25, 0.3) is 10.2 Å². The minimum absolute atomic E-state index is 0.199. The molecule has 9 heteroatoms. The highest BCUT2D eigenvalue weighted by Gasteiger charge is 2.48. The molecule has 0 saturated carbocycles. The van der Waals surface area contributed by atoms with E-state index in [2.05, 4.69) is 26.7 Å². The molecule has 32 heavy (non-hydrogen) atoms. The highest BCUT2D eigenvalue weighted by atomic mass is 32.1. The molecule has 1 aromatic carbocycles. The van der Waals surface area contributed by atoms with Crippen LogP contribution < -0.4 is 4.90 Å². The molecule has 2 aliphatic heterocycles. The van der Waals surface area contributed by atoms with Gasteiger partial charge in [0.05, 0.1) is 11.8 Å². The number of hydrogen-bond donors (Lipinski definition) is 0. The monoisotopic (exact) mass is 464 g/mol. The lowest BCUT2D eigenvalue weighted by molar-refractivity contribution is -0.126. The van der Waals surface area contributed by atoms with Crippen LogP contribution in [0.15, 0.2) is 36.7 Å². The van der Waals surface area contributed by atoms with Gasteiger partial charge in [0, 0.05) is 43.0 Å². The Hall–Kier alpha value is -2.26. The number of rotatable bonds is 5. The van der Waals surface area contributed by atoms with Crippen molar-refractivity contribution in [3.8, 4) is 0 Å². The van der Waals surface area contributed by atoms with Gasteiger partial charge in [-0.25, -0.2) is 14.4 Å². The van der Waals surface area contributed by atoms with E-state index in [0.717, 1.165) is 67.2 Å². The molecular weight excluding hydrogens is 440 g/mol. The van der Waals surface area contributed by atoms with Crippen molar-refractivity contribution >= 4 is 27.4 Å². The predicted molar refractivity (Wildman–Crippen MR) is 118 cm³/mol. The van der Waals surface area contributed by atoms with Crippen LogP contribution >= 0.6 is 11.3 Å². The van der Waals surface area contributed by atoms with E-state index in [4.69, 9.17) is 0 Å². The van der Waals surface area contributed by atoms with Gasteiger partial charge in [-0.05, 0) is 36.1 Å². The summed E-state index contributed by atoms with van der Waals surface area (Å²) in [5.74, 6) is 0.851. The maximum absolute atomic E-state index is 13.2. The van der Waals surface area contributed by atoms with Crippen LogP contribution in [0.2, 0.25) is 0 Å². The van der Waals surface area contributed by atoms with Gasteiger partial charge in [-0.2, -0.15) is 13.2 Å². The molecular formula is C23H24F4N4S. The molecule has 4 nitrogen and oxygen atoms in total. The lowest BCUT2D eigenvalue weighted by Crippen LogP contribution is -2.58. The van der Waals surface area contributed by atoms with Gasteiger partial charge in [0.15, 0.2) is 0 Å². The highest BCUT2D eigenvalue weighted by Crippen LogP contribution is 2.43. The smallest absolute Gasteiger partial charge is 0.355 e. The summed E-state index contributed by atoms with van der Waals surface area (Å²) in [7, 11) is 0. The van der Waals surface area contributed by atoms with Crippen LogP contribution in [-0.4, -0.2) is 53.8 Å². The summed E-state index contributed by atoms with van der Waals surface area (Å²) >= 11 is 1.09. The maximum Gasteiger partial charge on any atom is 0.393 e. The normalized spacial score (nSPS) is 19.6. The van der Waals surface area contributed by atoms with Gasteiger partial charge in [0.25, 0.3) is 0 Å². The van der Waals surface area contributed by atoms with Crippen LogP contribution in [0.5, 0.6) is 0 Å². The topological polar surface area (TPSA) is 32.3 Å². The summed E-state index contributed by atoms with van der Waals surface area (Å²) in [5.41, 5.74) is 1.33. The van der Waals surface area contributed by atoms with Gasteiger partial charge >= 0.3 is 6.18 Å². The molecule has 0 bridgehead atoms. The quantitative estimate of drug-likeness (QED) is 0.483. The third-order valence-electron chi connectivity index (χ3n) is 6.56. The first kappa shape index (κ1) is 21.6. The summed E-state index contributed by atoms with van der Waals surface area (Å²) in [6, 6.07) is 8.31. The van der Waals surface area contributed by atoms with Crippen LogP contribution in [-0.2, 0) is 6.42 Å². The molecule has 0 aliphatic carbocycles. The van der Waals surface area contributed by atoms with Crippen molar-refractivity contribution in [3.63, 3.8) is 0 Å². The number of alkyl halides is 3. The highest BCUT2D eigenvalue weighted by molar-refractivity contribution is 7.18. The second kappa shape index (κ2) is 7.95. The third-order valence-corrected chi connectivity index (χ3v) is 7.60. The Morgan fingerprint density at radius 2 is 1.88 bits per heavy atom. The van der Waals surface area contributed by atoms with E-state index >= 15 is 0 Å². The largest absolute Gasteiger partial charge is 0.393 e. The van der Waals surface area contributed by atoms with Gasteiger partial charge in [-0.1, -0.05) is 19.1 Å². The zero-order valence-corrected chi connectivity index (χ0v) is 18.5. The number of nitrogens with zero attached hydrogens (tertiary/aromatic N) is 4. The first-order valence-corrected chi connectivity index (χ1v) is 11.5. The van der Waals surface area contributed by atoms with Crippen molar-refractivity contribution < 1.29 is 17.6 Å². The van der Waals surface area contributed by atoms with E-state index in [1.165, 1.54) is 18.5 Å². The number of halogens is 4. The van der Waals surface area contributed by atoms with Gasteiger partial charge in [-0.15, -0.1) is 11.3 Å². The maximum atomic E-state index is 13.2. The summed E-state index contributed by atoms with van der Waals surface area (Å²) in [5, 5.41) is 0.718. The summed E-state index contributed by atoms with van der Waals surface area (Å²) < 4.78 is 51.6. The average molecular weight is 465 g/mol. The molecule has 1 spiro atoms. The Morgan fingerprint density at radius 1 is 1.12 bits per heavy atom. The number of hydrogen-bond acceptors (Lipinski definition) is 5. The number of thiophene rings is 1. The second-order valence-electron chi connectivity index (χ2n) is 9.21.